The highest BCUT2D eigenvalue weighted by atomic mass is 79.9. The Morgan fingerprint density at radius 2 is 1.83 bits per heavy atom. The number of benzene rings is 1. The zero-order chi connectivity index (χ0) is 13.3. The maximum atomic E-state index is 10.3. The Balaban J connectivity index is 2.19. The van der Waals surface area contributed by atoms with E-state index in [2.05, 4.69) is 15.9 Å². The van der Waals surface area contributed by atoms with Crippen LogP contribution < -0.4 is 5.73 Å². The molecule has 0 spiro atoms. The average Bonchev–Trinajstić information content (AvgIpc) is 2.87. The second-order valence-electron chi connectivity index (χ2n) is 4.94. The third kappa shape index (κ3) is 2.63. The van der Waals surface area contributed by atoms with Crippen molar-refractivity contribution in [2.45, 2.75) is 37.8 Å². The highest BCUT2D eigenvalue weighted by molar-refractivity contribution is 9.10. The van der Waals surface area contributed by atoms with Crippen LogP contribution >= 0.6 is 15.9 Å². The van der Waals surface area contributed by atoms with E-state index in [4.69, 9.17) is 5.73 Å². The fraction of sp³-hybridized carbons (Fsp3) is 0.538. The molecular formula is C13H18BrNO3. The van der Waals surface area contributed by atoms with Crippen LogP contribution in [0.25, 0.3) is 0 Å². The quantitative estimate of drug-likeness (QED) is 0.645. The number of hydrogen-bond donors (Lipinski definition) is 4. The monoisotopic (exact) mass is 315 g/mol. The molecule has 100 valence electrons. The predicted molar refractivity (Wildman–Crippen MR) is 72.4 cm³/mol. The highest BCUT2D eigenvalue weighted by Gasteiger charge is 2.29. The minimum atomic E-state index is -0.823. The van der Waals surface area contributed by atoms with Gasteiger partial charge in [0.25, 0.3) is 0 Å². The molecule has 0 bridgehead atoms. The zero-order valence-corrected chi connectivity index (χ0v) is 11.6. The van der Waals surface area contributed by atoms with Gasteiger partial charge in [-0.2, -0.15) is 0 Å². The Kier molecular flexibility index (Phi) is 4.14. The molecule has 0 aliphatic heterocycles. The third-order valence-corrected chi connectivity index (χ3v) is 4.32. The van der Waals surface area contributed by atoms with Crippen LogP contribution in [0.3, 0.4) is 0 Å². The summed E-state index contributed by atoms with van der Waals surface area (Å²) in [4.78, 5) is 0. The summed E-state index contributed by atoms with van der Waals surface area (Å²) in [7, 11) is 0. The SMILES string of the molecule is NC(C1CCCC1)C(O)c1cc(O)c(O)c(Br)c1. The molecule has 1 fully saturated rings. The Hall–Kier alpha value is -0.780. The van der Waals surface area contributed by atoms with Gasteiger partial charge < -0.3 is 21.1 Å². The smallest absolute Gasteiger partial charge is 0.171 e. The summed E-state index contributed by atoms with van der Waals surface area (Å²) in [5.41, 5.74) is 6.61. The summed E-state index contributed by atoms with van der Waals surface area (Å²) in [5.74, 6) is -0.146. The standard InChI is InChI=1S/C13H18BrNO3/c14-9-5-8(6-10(16)13(9)18)12(17)11(15)7-3-1-2-4-7/h5-7,11-12,16-18H,1-4,15H2. The van der Waals surface area contributed by atoms with E-state index in [1.807, 2.05) is 0 Å². The highest BCUT2D eigenvalue weighted by Crippen LogP contribution is 2.38. The van der Waals surface area contributed by atoms with Crippen LogP contribution in [0, 0.1) is 5.92 Å². The van der Waals surface area contributed by atoms with Crippen molar-refractivity contribution in [3.8, 4) is 11.5 Å². The Bertz CT molecular complexity index is 409. The molecule has 2 atom stereocenters. The van der Waals surface area contributed by atoms with Gasteiger partial charge in [0.2, 0.25) is 0 Å². The van der Waals surface area contributed by atoms with Gasteiger partial charge in [-0.25, -0.2) is 0 Å². The molecule has 1 aromatic rings. The summed E-state index contributed by atoms with van der Waals surface area (Å²) in [5, 5.41) is 29.2. The van der Waals surface area contributed by atoms with Crippen LogP contribution in [0.2, 0.25) is 0 Å². The van der Waals surface area contributed by atoms with Crippen molar-refractivity contribution >= 4 is 15.9 Å². The molecule has 1 saturated carbocycles. The second-order valence-corrected chi connectivity index (χ2v) is 5.79. The first-order valence-corrected chi connectivity index (χ1v) is 6.95. The molecule has 1 aliphatic carbocycles. The van der Waals surface area contributed by atoms with E-state index >= 15 is 0 Å². The van der Waals surface area contributed by atoms with E-state index in [9.17, 15) is 15.3 Å². The molecule has 0 radical (unpaired) electrons. The van der Waals surface area contributed by atoms with Gasteiger partial charge >= 0.3 is 0 Å². The molecular weight excluding hydrogens is 298 g/mol. The number of phenols is 2. The summed E-state index contributed by atoms with van der Waals surface area (Å²) in [6.45, 7) is 0. The van der Waals surface area contributed by atoms with Crippen molar-refractivity contribution in [3.63, 3.8) is 0 Å². The predicted octanol–water partition coefficient (Wildman–Crippen LogP) is 2.41. The first-order valence-electron chi connectivity index (χ1n) is 6.15. The third-order valence-electron chi connectivity index (χ3n) is 3.72. The summed E-state index contributed by atoms with van der Waals surface area (Å²) in [6.07, 6.45) is 3.59. The largest absolute Gasteiger partial charge is 0.504 e. The van der Waals surface area contributed by atoms with Gasteiger partial charge in [0.1, 0.15) is 0 Å². The van der Waals surface area contributed by atoms with Crippen molar-refractivity contribution in [2.75, 3.05) is 0 Å². The minimum Gasteiger partial charge on any atom is -0.504 e. The molecule has 2 unspecified atom stereocenters. The van der Waals surface area contributed by atoms with Crippen LogP contribution in [0.5, 0.6) is 11.5 Å². The fourth-order valence-electron chi connectivity index (χ4n) is 2.60. The summed E-state index contributed by atoms with van der Waals surface area (Å²) >= 11 is 3.14. The number of hydrogen-bond acceptors (Lipinski definition) is 4. The molecule has 4 nitrogen and oxygen atoms in total. The van der Waals surface area contributed by atoms with Crippen molar-refractivity contribution < 1.29 is 15.3 Å². The van der Waals surface area contributed by atoms with Crippen molar-refractivity contribution in [3.05, 3.63) is 22.2 Å². The number of aliphatic hydroxyl groups excluding tert-OH is 1. The molecule has 18 heavy (non-hydrogen) atoms. The Morgan fingerprint density at radius 3 is 2.39 bits per heavy atom. The lowest BCUT2D eigenvalue weighted by molar-refractivity contribution is 0.118. The molecule has 0 amide bonds. The molecule has 5 N–H and O–H groups in total. The van der Waals surface area contributed by atoms with E-state index in [1.165, 1.54) is 6.07 Å². The maximum absolute atomic E-state index is 10.3. The minimum absolute atomic E-state index is 0.222. The van der Waals surface area contributed by atoms with Gasteiger partial charge in [-0.15, -0.1) is 0 Å². The lowest BCUT2D eigenvalue weighted by Crippen LogP contribution is -2.35. The van der Waals surface area contributed by atoms with Crippen molar-refractivity contribution in [1.29, 1.82) is 0 Å². The molecule has 0 saturated heterocycles. The van der Waals surface area contributed by atoms with Crippen molar-refractivity contribution in [1.82, 2.24) is 0 Å². The summed E-state index contributed by atoms with van der Waals surface area (Å²) in [6, 6.07) is 2.62. The maximum Gasteiger partial charge on any atom is 0.171 e. The van der Waals surface area contributed by atoms with E-state index < -0.39 is 6.10 Å². The van der Waals surface area contributed by atoms with Crippen LogP contribution in [0.1, 0.15) is 37.4 Å². The van der Waals surface area contributed by atoms with Crippen LogP contribution in [-0.4, -0.2) is 21.4 Å². The number of phenolic OH excluding ortho intramolecular Hbond substituents is 2. The molecule has 5 heteroatoms. The molecule has 1 aromatic carbocycles. The van der Waals surface area contributed by atoms with Crippen LogP contribution in [0.15, 0.2) is 16.6 Å². The molecule has 2 rings (SSSR count). The zero-order valence-electron chi connectivity index (χ0n) is 10.0. The Labute approximate surface area is 115 Å². The average molecular weight is 316 g/mol. The van der Waals surface area contributed by atoms with Crippen molar-refractivity contribution in [2.24, 2.45) is 11.7 Å². The van der Waals surface area contributed by atoms with E-state index in [0.29, 0.717) is 16.0 Å². The first-order chi connectivity index (χ1) is 8.50. The Morgan fingerprint density at radius 1 is 1.22 bits per heavy atom. The van der Waals surface area contributed by atoms with Gasteiger partial charge in [-0.3, -0.25) is 0 Å². The number of aromatic hydroxyl groups is 2. The van der Waals surface area contributed by atoms with Gasteiger partial charge in [0.15, 0.2) is 11.5 Å². The first kappa shape index (κ1) is 13.6. The van der Waals surface area contributed by atoms with Gasteiger partial charge in [-0.1, -0.05) is 12.8 Å². The lowest BCUT2D eigenvalue weighted by atomic mass is 9.90. The van der Waals surface area contributed by atoms with Gasteiger partial charge in [0, 0.05) is 6.04 Å². The normalized spacial score (nSPS) is 19.9. The molecule has 0 aromatic heterocycles. The topological polar surface area (TPSA) is 86.7 Å². The van der Waals surface area contributed by atoms with E-state index in [0.717, 1.165) is 25.7 Å². The number of nitrogens with two attached hydrogens (primary N) is 1. The van der Waals surface area contributed by atoms with E-state index in [-0.39, 0.29) is 17.5 Å². The van der Waals surface area contributed by atoms with Crippen LogP contribution in [-0.2, 0) is 0 Å². The molecule has 0 heterocycles. The number of halogens is 1. The second kappa shape index (κ2) is 5.47. The number of rotatable bonds is 3. The molecule has 1 aliphatic rings. The van der Waals surface area contributed by atoms with Crippen LogP contribution in [0.4, 0.5) is 0 Å². The number of aliphatic hydroxyl groups is 1. The summed E-state index contributed by atoms with van der Waals surface area (Å²) < 4.78 is 0.357. The van der Waals surface area contributed by atoms with Gasteiger partial charge in [0.05, 0.1) is 10.6 Å². The lowest BCUT2D eigenvalue weighted by Gasteiger charge is -2.25. The van der Waals surface area contributed by atoms with E-state index in [1.54, 1.807) is 6.07 Å². The van der Waals surface area contributed by atoms with Gasteiger partial charge in [-0.05, 0) is 52.4 Å². The fourth-order valence-corrected chi connectivity index (χ4v) is 3.07.